The Morgan fingerprint density at radius 2 is 1.83 bits per heavy atom. The molecule has 1 atom stereocenters. The molecule has 1 aromatic carbocycles. The molecule has 2 rings (SSSR count). The molecule has 1 heterocycles. The van der Waals surface area contributed by atoms with Crippen LogP contribution in [0.1, 0.15) is 45.2 Å². The van der Waals surface area contributed by atoms with Gasteiger partial charge in [0.25, 0.3) is 0 Å². The van der Waals surface area contributed by atoms with E-state index in [1.165, 1.54) is 10.5 Å². The second-order valence-electron chi connectivity index (χ2n) is 6.92. The fraction of sp³-hybridized carbons (Fsp3) is 0.579. The van der Waals surface area contributed by atoms with Gasteiger partial charge >= 0.3 is 0 Å². The van der Waals surface area contributed by atoms with Gasteiger partial charge in [-0.15, -0.1) is 43.2 Å². The van der Waals surface area contributed by atoms with E-state index in [9.17, 15) is 0 Å². The van der Waals surface area contributed by atoms with E-state index in [-0.39, 0.29) is 29.6 Å². The maximum atomic E-state index is 3.92. The zero-order valence-electron chi connectivity index (χ0n) is 15.1. The van der Waals surface area contributed by atoms with E-state index >= 15 is 0 Å². The van der Waals surface area contributed by atoms with Gasteiger partial charge in [-0.25, -0.2) is 0 Å². The standard InChI is InChI=1S/C19H30N2S.2ClH/c1-5-6-10-17(21-14-12-20-13-15-21)16-9-7-8-11-18(16)22-19(2,3)4;;/h5,7-9,11,17,20H,1,6,10,12-15H2,2-4H3;2*1H/t17-;;/m1../s1. The second-order valence-corrected chi connectivity index (χ2v) is 8.79. The molecule has 1 fully saturated rings. The fourth-order valence-electron chi connectivity index (χ4n) is 2.98. The van der Waals surface area contributed by atoms with E-state index < -0.39 is 0 Å². The Morgan fingerprint density at radius 3 is 2.42 bits per heavy atom. The van der Waals surface area contributed by atoms with E-state index in [4.69, 9.17) is 0 Å². The van der Waals surface area contributed by atoms with Crippen molar-refractivity contribution in [2.45, 2.75) is 49.3 Å². The highest BCUT2D eigenvalue weighted by Gasteiger charge is 2.25. The Bertz CT molecular complexity index is 483. The second kappa shape index (κ2) is 11.4. The van der Waals surface area contributed by atoms with Crippen molar-refractivity contribution in [1.29, 1.82) is 0 Å². The number of nitrogens with one attached hydrogen (secondary N) is 1. The summed E-state index contributed by atoms with van der Waals surface area (Å²) in [5.74, 6) is 0. The molecule has 138 valence electrons. The quantitative estimate of drug-likeness (QED) is 0.521. The molecule has 0 spiro atoms. The van der Waals surface area contributed by atoms with Crippen LogP contribution in [-0.2, 0) is 0 Å². The van der Waals surface area contributed by atoms with Crippen LogP contribution < -0.4 is 5.32 Å². The number of piperazine rings is 1. The number of halogens is 2. The minimum Gasteiger partial charge on any atom is -0.314 e. The van der Waals surface area contributed by atoms with Crippen LogP contribution in [0.3, 0.4) is 0 Å². The highest BCUT2D eigenvalue weighted by Crippen LogP contribution is 2.39. The summed E-state index contributed by atoms with van der Waals surface area (Å²) < 4.78 is 0.239. The van der Waals surface area contributed by atoms with E-state index in [2.05, 4.69) is 67.9 Å². The molecule has 1 aliphatic rings. The van der Waals surface area contributed by atoms with Gasteiger partial charge in [0, 0.05) is 41.9 Å². The number of benzene rings is 1. The van der Waals surface area contributed by atoms with Crippen LogP contribution in [0.5, 0.6) is 0 Å². The van der Waals surface area contributed by atoms with Gasteiger partial charge in [0.1, 0.15) is 0 Å². The maximum Gasteiger partial charge on any atom is 0.0363 e. The maximum absolute atomic E-state index is 3.92. The highest BCUT2D eigenvalue weighted by molar-refractivity contribution is 8.00. The largest absolute Gasteiger partial charge is 0.314 e. The van der Waals surface area contributed by atoms with Gasteiger partial charge < -0.3 is 5.32 Å². The molecular weight excluding hydrogens is 359 g/mol. The molecule has 5 heteroatoms. The molecule has 0 saturated carbocycles. The molecule has 1 saturated heterocycles. The van der Waals surface area contributed by atoms with Crippen molar-refractivity contribution in [3.63, 3.8) is 0 Å². The molecule has 1 aliphatic heterocycles. The van der Waals surface area contributed by atoms with Crippen LogP contribution in [-0.4, -0.2) is 35.8 Å². The summed E-state index contributed by atoms with van der Waals surface area (Å²) in [6.07, 6.45) is 4.28. The zero-order valence-corrected chi connectivity index (χ0v) is 17.5. The third-order valence-electron chi connectivity index (χ3n) is 3.93. The molecule has 24 heavy (non-hydrogen) atoms. The summed E-state index contributed by atoms with van der Waals surface area (Å²) in [6, 6.07) is 9.47. The summed E-state index contributed by atoms with van der Waals surface area (Å²) in [6.45, 7) is 15.2. The lowest BCUT2D eigenvalue weighted by Gasteiger charge is -2.36. The summed E-state index contributed by atoms with van der Waals surface area (Å²) in [7, 11) is 0. The van der Waals surface area contributed by atoms with Crippen molar-refractivity contribution < 1.29 is 0 Å². The van der Waals surface area contributed by atoms with E-state index in [0.717, 1.165) is 39.0 Å². The minimum atomic E-state index is 0. The van der Waals surface area contributed by atoms with Crippen molar-refractivity contribution in [2.24, 2.45) is 0 Å². The SMILES string of the molecule is C=CCC[C@H](c1ccccc1SC(C)(C)C)N1CCNCC1.Cl.Cl. The molecular formula is C19H32Cl2N2S. The third-order valence-corrected chi connectivity index (χ3v) is 5.13. The molecule has 0 bridgehead atoms. The monoisotopic (exact) mass is 390 g/mol. The van der Waals surface area contributed by atoms with Gasteiger partial charge in [-0.1, -0.05) is 45.0 Å². The first kappa shape index (κ1) is 23.8. The van der Waals surface area contributed by atoms with E-state index in [1.54, 1.807) is 0 Å². The van der Waals surface area contributed by atoms with Crippen LogP contribution in [0.4, 0.5) is 0 Å². The average molecular weight is 391 g/mol. The van der Waals surface area contributed by atoms with Crippen LogP contribution in [0.2, 0.25) is 0 Å². The van der Waals surface area contributed by atoms with Gasteiger partial charge in [-0.2, -0.15) is 0 Å². The average Bonchev–Trinajstić information content (AvgIpc) is 2.49. The van der Waals surface area contributed by atoms with E-state index in [0.29, 0.717) is 6.04 Å². The Balaban J connectivity index is 0.00000264. The van der Waals surface area contributed by atoms with E-state index in [1.807, 2.05) is 11.8 Å². The summed E-state index contributed by atoms with van der Waals surface area (Å²) in [4.78, 5) is 4.07. The van der Waals surface area contributed by atoms with Gasteiger partial charge in [-0.05, 0) is 24.5 Å². The first-order valence-electron chi connectivity index (χ1n) is 8.35. The highest BCUT2D eigenvalue weighted by atomic mass is 35.5. The van der Waals surface area contributed by atoms with Crippen molar-refractivity contribution in [3.8, 4) is 0 Å². The molecule has 1 N–H and O–H groups in total. The summed E-state index contributed by atoms with van der Waals surface area (Å²) >= 11 is 1.99. The molecule has 1 aromatic rings. The number of thioether (sulfide) groups is 1. The predicted octanol–water partition coefficient (Wildman–Crippen LogP) is 5.33. The van der Waals surface area contributed by atoms with Crippen LogP contribution in [0.25, 0.3) is 0 Å². The minimum absolute atomic E-state index is 0. The number of allylic oxidation sites excluding steroid dienone is 1. The Morgan fingerprint density at radius 1 is 1.21 bits per heavy atom. The summed E-state index contributed by atoms with van der Waals surface area (Å²) in [5, 5.41) is 3.46. The van der Waals surface area contributed by atoms with Crippen molar-refractivity contribution in [2.75, 3.05) is 26.2 Å². The lowest BCUT2D eigenvalue weighted by molar-refractivity contribution is 0.164. The smallest absolute Gasteiger partial charge is 0.0363 e. The molecule has 0 amide bonds. The van der Waals surface area contributed by atoms with Crippen molar-refractivity contribution >= 4 is 36.6 Å². The van der Waals surface area contributed by atoms with Crippen LogP contribution in [0, 0.1) is 0 Å². The van der Waals surface area contributed by atoms with Crippen LogP contribution in [0.15, 0.2) is 41.8 Å². The first-order chi connectivity index (χ1) is 10.5. The fourth-order valence-corrected chi connectivity index (χ4v) is 4.11. The first-order valence-corrected chi connectivity index (χ1v) is 9.16. The molecule has 0 aromatic heterocycles. The topological polar surface area (TPSA) is 15.3 Å². The van der Waals surface area contributed by atoms with Gasteiger partial charge in [0.15, 0.2) is 0 Å². The molecule has 0 radical (unpaired) electrons. The third kappa shape index (κ3) is 7.37. The van der Waals surface area contributed by atoms with Crippen molar-refractivity contribution in [1.82, 2.24) is 10.2 Å². The number of hydrogen-bond acceptors (Lipinski definition) is 3. The lowest BCUT2D eigenvalue weighted by atomic mass is 9.99. The Labute approximate surface area is 164 Å². The number of nitrogens with zero attached hydrogens (tertiary/aromatic N) is 1. The van der Waals surface area contributed by atoms with Crippen molar-refractivity contribution in [3.05, 3.63) is 42.5 Å². The number of hydrogen-bond donors (Lipinski definition) is 1. The molecule has 0 unspecified atom stereocenters. The lowest BCUT2D eigenvalue weighted by Crippen LogP contribution is -2.45. The Kier molecular flexibility index (Phi) is 11.3. The number of rotatable bonds is 6. The summed E-state index contributed by atoms with van der Waals surface area (Å²) in [5.41, 5.74) is 1.49. The molecule has 2 nitrogen and oxygen atoms in total. The Hall–Kier alpha value is -0.190. The predicted molar refractivity (Wildman–Crippen MR) is 113 cm³/mol. The van der Waals surface area contributed by atoms with Gasteiger partial charge in [-0.3, -0.25) is 4.90 Å². The molecule has 0 aliphatic carbocycles. The van der Waals surface area contributed by atoms with Gasteiger partial charge in [0.05, 0.1) is 0 Å². The zero-order chi connectivity index (χ0) is 16.0. The van der Waals surface area contributed by atoms with Crippen LogP contribution >= 0.6 is 36.6 Å². The normalized spacial score (nSPS) is 16.6. The van der Waals surface area contributed by atoms with Gasteiger partial charge in [0.2, 0.25) is 0 Å².